The number of carbonyl (C=O) groups excluding carboxylic acids is 2. The number of benzene rings is 3. The largest absolute Gasteiger partial charge is 0.504 e. The van der Waals surface area contributed by atoms with Crippen molar-refractivity contribution in [1.29, 1.82) is 0 Å². The number of methoxy groups -OCH3 is 1. The number of hydrazone groups is 1. The lowest BCUT2D eigenvalue weighted by Crippen LogP contribution is -2.32. The van der Waals surface area contributed by atoms with Crippen molar-refractivity contribution in [3.05, 3.63) is 92.7 Å². The first-order chi connectivity index (χ1) is 16.8. The molecule has 8 nitrogen and oxygen atoms in total. The van der Waals surface area contributed by atoms with Crippen LogP contribution in [0.1, 0.15) is 21.5 Å². The number of aromatic hydroxyl groups is 1. The Bertz CT molecular complexity index is 1260. The minimum Gasteiger partial charge on any atom is -0.504 e. The number of anilines is 1. The average molecular weight is 584 g/mol. The highest BCUT2D eigenvalue weighted by Crippen LogP contribution is 2.31. The maximum Gasteiger partial charge on any atom is 0.287 e. The number of nitrogens with zero attached hydrogens (tertiary/aromatic N) is 2. The summed E-state index contributed by atoms with van der Waals surface area (Å²) < 4.78 is 5.72. The van der Waals surface area contributed by atoms with Crippen molar-refractivity contribution >= 4 is 52.4 Å². The van der Waals surface area contributed by atoms with Crippen LogP contribution < -0.4 is 20.4 Å². The number of carbonyl (C=O) groups is 2. The SMILES string of the molecule is COc1cc(/C=N/NC(=O)C(=Cc2ccc(N(C)C)cc2)NC(=O)c2ccccc2)cc(I)c1O. The number of ether oxygens (including phenoxy) is 1. The van der Waals surface area contributed by atoms with Crippen molar-refractivity contribution in [3.63, 3.8) is 0 Å². The van der Waals surface area contributed by atoms with Crippen LogP contribution in [0.4, 0.5) is 5.69 Å². The summed E-state index contributed by atoms with van der Waals surface area (Å²) in [5.74, 6) is -0.689. The lowest BCUT2D eigenvalue weighted by Gasteiger charge is -2.12. The molecule has 0 unspecified atom stereocenters. The fourth-order valence-electron chi connectivity index (χ4n) is 3.03. The molecule has 0 saturated carbocycles. The second-order valence-corrected chi connectivity index (χ2v) is 8.78. The van der Waals surface area contributed by atoms with E-state index in [1.807, 2.05) is 65.9 Å². The van der Waals surface area contributed by atoms with Gasteiger partial charge in [0.1, 0.15) is 5.70 Å². The van der Waals surface area contributed by atoms with Gasteiger partial charge in [0.25, 0.3) is 11.8 Å². The molecule has 3 aromatic carbocycles. The first-order valence-corrected chi connectivity index (χ1v) is 11.6. The highest BCUT2D eigenvalue weighted by molar-refractivity contribution is 14.1. The van der Waals surface area contributed by atoms with Crippen LogP contribution in [0.2, 0.25) is 0 Å². The molecular formula is C26H25IN4O4. The number of amides is 2. The summed E-state index contributed by atoms with van der Waals surface area (Å²) in [7, 11) is 5.32. The predicted octanol–water partition coefficient (Wildman–Crippen LogP) is 3.99. The second kappa shape index (κ2) is 12.0. The number of hydrogen-bond donors (Lipinski definition) is 3. The molecule has 0 spiro atoms. The topological polar surface area (TPSA) is 103 Å². The Morgan fingerprint density at radius 2 is 1.71 bits per heavy atom. The van der Waals surface area contributed by atoms with Crippen LogP contribution in [0.5, 0.6) is 11.5 Å². The van der Waals surface area contributed by atoms with Gasteiger partial charge in [-0.2, -0.15) is 5.10 Å². The minimum atomic E-state index is -0.595. The van der Waals surface area contributed by atoms with Gasteiger partial charge in [0.15, 0.2) is 11.5 Å². The van der Waals surface area contributed by atoms with E-state index < -0.39 is 11.8 Å². The summed E-state index contributed by atoms with van der Waals surface area (Å²) in [5, 5.41) is 16.7. The molecule has 0 heterocycles. The van der Waals surface area contributed by atoms with Gasteiger partial charge in [0.05, 0.1) is 16.9 Å². The number of hydrogen-bond acceptors (Lipinski definition) is 6. The lowest BCUT2D eigenvalue weighted by molar-refractivity contribution is -0.117. The quantitative estimate of drug-likeness (QED) is 0.161. The van der Waals surface area contributed by atoms with E-state index in [-0.39, 0.29) is 11.4 Å². The van der Waals surface area contributed by atoms with Crippen LogP contribution in [0.3, 0.4) is 0 Å². The smallest absolute Gasteiger partial charge is 0.287 e. The van der Waals surface area contributed by atoms with Gasteiger partial charge in [0.2, 0.25) is 0 Å². The highest BCUT2D eigenvalue weighted by atomic mass is 127. The molecule has 2 amide bonds. The Morgan fingerprint density at radius 1 is 1.03 bits per heavy atom. The number of phenolic OH excluding ortho intramolecular Hbond substituents is 1. The number of rotatable bonds is 8. The Morgan fingerprint density at radius 3 is 2.34 bits per heavy atom. The Balaban J connectivity index is 1.83. The number of halogens is 1. The van der Waals surface area contributed by atoms with Crippen molar-refractivity contribution in [3.8, 4) is 11.5 Å². The van der Waals surface area contributed by atoms with Crippen LogP contribution in [0.15, 0.2) is 77.5 Å². The Kier molecular flexibility index (Phi) is 8.85. The van der Waals surface area contributed by atoms with E-state index in [4.69, 9.17) is 4.74 Å². The molecule has 0 radical (unpaired) electrons. The van der Waals surface area contributed by atoms with Gasteiger partial charge in [0, 0.05) is 25.3 Å². The molecule has 0 aliphatic rings. The predicted molar refractivity (Wildman–Crippen MR) is 146 cm³/mol. The monoisotopic (exact) mass is 584 g/mol. The fraction of sp³-hybridized carbons (Fsp3) is 0.115. The second-order valence-electron chi connectivity index (χ2n) is 7.62. The van der Waals surface area contributed by atoms with E-state index in [0.717, 1.165) is 11.3 Å². The van der Waals surface area contributed by atoms with Gasteiger partial charge in [-0.05, 0) is 76.2 Å². The van der Waals surface area contributed by atoms with Gasteiger partial charge in [-0.3, -0.25) is 9.59 Å². The van der Waals surface area contributed by atoms with Crippen molar-refractivity contribution in [2.24, 2.45) is 5.10 Å². The maximum absolute atomic E-state index is 12.9. The van der Waals surface area contributed by atoms with Gasteiger partial charge in [-0.1, -0.05) is 30.3 Å². The summed E-state index contributed by atoms with van der Waals surface area (Å²) >= 11 is 1.97. The summed E-state index contributed by atoms with van der Waals surface area (Å²) in [6, 6.07) is 19.4. The fourth-order valence-corrected chi connectivity index (χ4v) is 3.65. The zero-order chi connectivity index (χ0) is 25.4. The molecule has 0 fully saturated rings. The van der Waals surface area contributed by atoms with E-state index in [9.17, 15) is 14.7 Å². The first kappa shape index (κ1) is 25.8. The maximum atomic E-state index is 12.9. The number of phenols is 1. The van der Waals surface area contributed by atoms with Crippen LogP contribution >= 0.6 is 22.6 Å². The van der Waals surface area contributed by atoms with Crippen LogP contribution in [-0.2, 0) is 4.79 Å². The molecule has 0 bridgehead atoms. The molecule has 35 heavy (non-hydrogen) atoms. The molecule has 0 atom stereocenters. The molecule has 0 aliphatic carbocycles. The van der Waals surface area contributed by atoms with Crippen molar-refractivity contribution in [2.45, 2.75) is 0 Å². The van der Waals surface area contributed by atoms with E-state index in [0.29, 0.717) is 20.4 Å². The normalized spacial score (nSPS) is 11.3. The zero-order valence-corrected chi connectivity index (χ0v) is 21.6. The third-order valence-electron chi connectivity index (χ3n) is 4.90. The van der Waals surface area contributed by atoms with Crippen LogP contribution in [0, 0.1) is 3.57 Å². The summed E-state index contributed by atoms with van der Waals surface area (Å²) in [6.07, 6.45) is 3.00. The third kappa shape index (κ3) is 7.06. The van der Waals surface area contributed by atoms with Gasteiger partial charge in [-0.15, -0.1) is 0 Å². The Labute approximate surface area is 217 Å². The third-order valence-corrected chi connectivity index (χ3v) is 5.72. The van der Waals surface area contributed by atoms with Gasteiger partial charge in [-0.25, -0.2) is 5.43 Å². The van der Waals surface area contributed by atoms with Crippen LogP contribution in [0.25, 0.3) is 6.08 Å². The van der Waals surface area contributed by atoms with E-state index in [2.05, 4.69) is 15.8 Å². The van der Waals surface area contributed by atoms with E-state index >= 15 is 0 Å². The Hall–Kier alpha value is -3.86. The minimum absolute atomic E-state index is 0.0309. The molecule has 0 aliphatic heterocycles. The number of nitrogens with one attached hydrogen (secondary N) is 2. The molecule has 180 valence electrons. The summed E-state index contributed by atoms with van der Waals surface area (Å²) in [4.78, 5) is 27.6. The standard InChI is InChI=1S/C26H25IN4O4/c1-31(2)20-11-9-17(10-12-20)14-22(29-25(33)19-7-5-4-6-8-19)26(34)30-28-16-18-13-21(27)24(32)23(15-18)35-3/h4-16,32H,1-3H3,(H,29,33)(H,30,34)/b22-14?,28-16+. The van der Waals surface area contributed by atoms with E-state index in [1.165, 1.54) is 13.3 Å². The first-order valence-electron chi connectivity index (χ1n) is 10.5. The zero-order valence-electron chi connectivity index (χ0n) is 19.4. The van der Waals surface area contributed by atoms with Crippen molar-refractivity contribution in [1.82, 2.24) is 10.7 Å². The molecule has 0 aromatic heterocycles. The average Bonchev–Trinajstić information content (AvgIpc) is 2.86. The highest BCUT2D eigenvalue weighted by Gasteiger charge is 2.14. The molecule has 3 rings (SSSR count). The summed E-state index contributed by atoms with van der Waals surface area (Å²) in [5.41, 5.74) is 5.25. The molecule has 3 aromatic rings. The van der Waals surface area contributed by atoms with Crippen LogP contribution in [-0.4, -0.2) is 44.3 Å². The van der Waals surface area contributed by atoms with Crippen molar-refractivity contribution < 1.29 is 19.4 Å². The lowest BCUT2D eigenvalue weighted by atomic mass is 10.1. The molecule has 9 heteroatoms. The molecular weight excluding hydrogens is 559 g/mol. The molecule has 3 N–H and O–H groups in total. The van der Waals surface area contributed by atoms with Gasteiger partial charge < -0.3 is 20.1 Å². The summed E-state index contributed by atoms with van der Waals surface area (Å²) in [6.45, 7) is 0. The van der Waals surface area contributed by atoms with Gasteiger partial charge >= 0.3 is 0 Å². The van der Waals surface area contributed by atoms with E-state index in [1.54, 1.807) is 48.5 Å². The van der Waals surface area contributed by atoms with Crippen molar-refractivity contribution in [2.75, 3.05) is 26.1 Å². The molecule has 0 saturated heterocycles.